The molecule has 80 valence electrons. The van der Waals surface area contributed by atoms with Gasteiger partial charge >= 0.3 is 0 Å². The Morgan fingerprint density at radius 3 is 2.73 bits per heavy atom. The standard InChI is InChI=1S/C9H11N3O3/c1-2-11-7-4-3-6(9(10)13)5-8(7)12(14)15/h3-5,11H,2H2,1H3,(H2,10,13). The Morgan fingerprint density at radius 2 is 2.27 bits per heavy atom. The number of hydrogen-bond donors (Lipinski definition) is 2. The highest BCUT2D eigenvalue weighted by Crippen LogP contribution is 2.25. The van der Waals surface area contributed by atoms with Crippen LogP contribution in [-0.4, -0.2) is 17.4 Å². The number of carbonyl (C=O) groups excluding carboxylic acids is 1. The van der Waals surface area contributed by atoms with Gasteiger partial charge in [-0.3, -0.25) is 14.9 Å². The third-order valence-electron chi connectivity index (χ3n) is 1.85. The van der Waals surface area contributed by atoms with Gasteiger partial charge in [-0.1, -0.05) is 0 Å². The molecule has 6 nitrogen and oxygen atoms in total. The van der Waals surface area contributed by atoms with Crippen molar-refractivity contribution in [1.82, 2.24) is 0 Å². The van der Waals surface area contributed by atoms with Gasteiger partial charge in [0.15, 0.2) is 0 Å². The molecule has 0 saturated carbocycles. The second kappa shape index (κ2) is 4.41. The maximum atomic E-state index is 10.8. The van der Waals surface area contributed by atoms with Gasteiger partial charge in [0.25, 0.3) is 5.69 Å². The first-order valence-electron chi connectivity index (χ1n) is 4.38. The zero-order valence-corrected chi connectivity index (χ0v) is 8.19. The van der Waals surface area contributed by atoms with Gasteiger partial charge in [-0.05, 0) is 19.1 Å². The minimum atomic E-state index is -0.679. The Bertz CT molecular complexity index is 404. The monoisotopic (exact) mass is 209 g/mol. The first-order chi connectivity index (χ1) is 7.06. The number of carbonyl (C=O) groups is 1. The number of nitro groups is 1. The summed E-state index contributed by atoms with van der Waals surface area (Å²) in [5.41, 5.74) is 5.39. The summed E-state index contributed by atoms with van der Waals surface area (Å²) in [6.07, 6.45) is 0. The van der Waals surface area contributed by atoms with Gasteiger partial charge in [0.05, 0.1) is 4.92 Å². The molecule has 0 fully saturated rings. The number of benzene rings is 1. The summed E-state index contributed by atoms with van der Waals surface area (Å²) in [6, 6.07) is 4.09. The Morgan fingerprint density at radius 1 is 1.60 bits per heavy atom. The molecule has 0 heterocycles. The van der Waals surface area contributed by atoms with Gasteiger partial charge in [-0.15, -0.1) is 0 Å². The number of nitrogens with two attached hydrogens (primary N) is 1. The van der Waals surface area contributed by atoms with Gasteiger partial charge in [0.1, 0.15) is 5.69 Å². The van der Waals surface area contributed by atoms with E-state index in [1.54, 1.807) is 0 Å². The second-order valence-corrected chi connectivity index (χ2v) is 2.88. The molecule has 0 saturated heterocycles. The Kier molecular flexibility index (Phi) is 3.22. The van der Waals surface area contributed by atoms with E-state index in [1.807, 2.05) is 6.92 Å². The second-order valence-electron chi connectivity index (χ2n) is 2.88. The molecule has 0 spiro atoms. The quantitative estimate of drug-likeness (QED) is 0.573. The van der Waals surface area contributed by atoms with Crippen molar-refractivity contribution in [3.8, 4) is 0 Å². The van der Waals surface area contributed by atoms with E-state index < -0.39 is 10.8 Å². The minimum Gasteiger partial charge on any atom is -0.380 e. The lowest BCUT2D eigenvalue weighted by molar-refractivity contribution is -0.384. The number of anilines is 1. The number of amides is 1. The fraction of sp³-hybridized carbons (Fsp3) is 0.222. The molecule has 0 aromatic heterocycles. The largest absolute Gasteiger partial charge is 0.380 e. The zero-order valence-electron chi connectivity index (χ0n) is 8.19. The molecule has 0 bridgehead atoms. The number of primary amides is 1. The topological polar surface area (TPSA) is 98.3 Å². The number of rotatable bonds is 4. The average Bonchev–Trinajstić information content (AvgIpc) is 2.18. The predicted octanol–water partition coefficient (Wildman–Crippen LogP) is 1.13. The number of nitrogens with zero attached hydrogens (tertiary/aromatic N) is 1. The lowest BCUT2D eigenvalue weighted by Gasteiger charge is -2.04. The van der Waals surface area contributed by atoms with E-state index in [-0.39, 0.29) is 11.3 Å². The van der Waals surface area contributed by atoms with Crippen LogP contribution in [0.5, 0.6) is 0 Å². The molecule has 0 aliphatic rings. The highest BCUT2D eigenvalue weighted by molar-refractivity contribution is 5.94. The van der Waals surface area contributed by atoms with Crippen molar-refractivity contribution in [3.63, 3.8) is 0 Å². The lowest BCUT2D eigenvalue weighted by atomic mass is 10.1. The minimum absolute atomic E-state index is 0.128. The molecule has 1 rings (SSSR count). The maximum absolute atomic E-state index is 10.8. The van der Waals surface area contributed by atoms with Crippen molar-refractivity contribution in [1.29, 1.82) is 0 Å². The van der Waals surface area contributed by atoms with Crippen LogP contribution in [0, 0.1) is 10.1 Å². The molecular weight excluding hydrogens is 198 g/mol. The van der Waals surface area contributed by atoms with Crippen molar-refractivity contribution >= 4 is 17.3 Å². The Labute approximate surface area is 86.2 Å². The fourth-order valence-electron chi connectivity index (χ4n) is 1.18. The fourth-order valence-corrected chi connectivity index (χ4v) is 1.18. The molecule has 0 radical (unpaired) electrons. The van der Waals surface area contributed by atoms with Crippen LogP contribution in [0.15, 0.2) is 18.2 Å². The van der Waals surface area contributed by atoms with E-state index in [0.29, 0.717) is 12.2 Å². The molecule has 0 atom stereocenters. The van der Waals surface area contributed by atoms with E-state index in [4.69, 9.17) is 5.73 Å². The third kappa shape index (κ3) is 2.43. The van der Waals surface area contributed by atoms with Crippen molar-refractivity contribution in [2.45, 2.75) is 6.92 Å². The van der Waals surface area contributed by atoms with Crippen molar-refractivity contribution in [3.05, 3.63) is 33.9 Å². The molecule has 0 unspecified atom stereocenters. The molecule has 0 aliphatic heterocycles. The van der Waals surface area contributed by atoms with Crippen LogP contribution in [0.4, 0.5) is 11.4 Å². The van der Waals surface area contributed by atoms with Gasteiger partial charge in [0, 0.05) is 18.2 Å². The summed E-state index contributed by atoms with van der Waals surface area (Å²) >= 11 is 0. The molecule has 1 aromatic carbocycles. The normalized spacial score (nSPS) is 9.67. The van der Waals surface area contributed by atoms with Crippen molar-refractivity contribution in [2.24, 2.45) is 5.73 Å². The first kappa shape index (κ1) is 11.0. The lowest BCUT2D eigenvalue weighted by Crippen LogP contribution is -2.11. The summed E-state index contributed by atoms with van der Waals surface area (Å²) < 4.78 is 0. The van der Waals surface area contributed by atoms with Crippen LogP contribution >= 0.6 is 0 Å². The van der Waals surface area contributed by atoms with Crippen LogP contribution in [-0.2, 0) is 0 Å². The predicted molar refractivity (Wildman–Crippen MR) is 55.8 cm³/mol. The van der Waals surface area contributed by atoms with Gasteiger partial charge < -0.3 is 11.1 Å². The van der Waals surface area contributed by atoms with Crippen molar-refractivity contribution in [2.75, 3.05) is 11.9 Å². The van der Waals surface area contributed by atoms with Gasteiger partial charge in [0.2, 0.25) is 5.91 Å². The molecule has 15 heavy (non-hydrogen) atoms. The molecule has 6 heteroatoms. The van der Waals surface area contributed by atoms with Crippen LogP contribution in [0.1, 0.15) is 17.3 Å². The number of nitrogens with one attached hydrogen (secondary N) is 1. The van der Waals surface area contributed by atoms with E-state index in [2.05, 4.69) is 5.32 Å². The summed E-state index contributed by atoms with van der Waals surface area (Å²) in [5, 5.41) is 13.5. The summed E-state index contributed by atoms with van der Waals surface area (Å²) in [6.45, 7) is 2.39. The Hall–Kier alpha value is -2.11. The molecule has 3 N–H and O–H groups in total. The number of nitro benzene ring substituents is 1. The third-order valence-corrected chi connectivity index (χ3v) is 1.85. The SMILES string of the molecule is CCNc1ccc(C(N)=O)cc1[N+](=O)[O-]. The summed E-state index contributed by atoms with van der Waals surface area (Å²) in [4.78, 5) is 21.0. The molecule has 1 amide bonds. The first-order valence-corrected chi connectivity index (χ1v) is 4.38. The highest BCUT2D eigenvalue weighted by Gasteiger charge is 2.15. The zero-order chi connectivity index (χ0) is 11.4. The summed E-state index contributed by atoms with van der Waals surface area (Å²) in [5.74, 6) is -0.679. The number of hydrogen-bond acceptors (Lipinski definition) is 4. The van der Waals surface area contributed by atoms with Crippen LogP contribution < -0.4 is 11.1 Å². The molecule has 1 aromatic rings. The van der Waals surface area contributed by atoms with Gasteiger partial charge in [-0.25, -0.2) is 0 Å². The van der Waals surface area contributed by atoms with E-state index in [0.717, 1.165) is 0 Å². The smallest absolute Gasteiger partial charge is 0.293 e. The maximum Gasteiger partial charge on any atom is 0.293 e. The Balaban J connectivity index is 3.20. The van der Waals surface area contributed by atoms with E-state index >= 15 is 0 Å². The molecular formula is C9H11N3O3. The molecule has 0 aliphatic carbocycles. The highest BCUT2D eigenvalue weighted by atomic mass is 16.6. The van der Waals surface area contributed by atoms with E-state index in [1.165, 1.54) is 18.2 Å². The average molecular weight is 209 g/mol. The van der Waals surface area contributed by atoms with Crippen LogP contribution in [0.25, 0.3) is 0 Å². The van der Waals surface area contributed by atoms with Crippen molar-refractivity contribution < 1.29 is 9.72 Å². The van der Waals surface area contributed by atoms with E-state index in [9.17, 15) is 14.9 Å². The van der Waals surface area contributed by atoms with Gasteiger partial charge in [-0.2, -0.15) is 0 Å². The summed E-state index contributed by atoms with van der Waals surface area (Å²) in [7, 11) is 0. The van der Waals surface area contributed by atoms with Crippen LogP contribution in [0.3, 0.4) is 0 Å². The van der Waals surface area contributed by atoms with Crippen LogP contribution in [0.2, 0.25) is 0 Å².